The number of hydrogen-bond acceptors (Lipinski definition) is 4. The summed E-state index contributed by atoms with van der Waals surface area (Å²) >= 11 is 0. The van der Waals surface area contributed by atoms with Gasteiger partial charge in [0.15, 0.2) is 0 Å². The monoisotopic (exact) mass is 245 g/mol. The second-order valence-electron chi connectivity index (χ2n) is 4.44. The molecule has 0 aliphatic carbocycles. The number of anilines is 1. The third kappa shape index (κ3) is 3.07. The molecule has 0 atom stereocenters. The summed E-state index contributed by atoms with van der Waals surface area (Å²) in [4.78, 5) is 2.21. The van der Waals surface area contributed by atoms with Crippen LogP contribution in [-0.2, 0) is 13.1 Å². The fraction of sp³-hybridized carbons (Fsp3) is 0.385. The normalized spacial score (nSPS) is 10.6. The van der Waals surface area contributed by atoms with Crippen LogP contribution in [-0.4, -0.2) is 28.6 Å². The molecule has 0 saturated carbocycles. The van der Waals surface area contributed by atoms with Crippen molar-refractivity contribution in [3.63, 3.8) is 0 Å². The van der Waals surface area contributed by atoms with Gasteiger partial charge in [0.2, 0.25) is 0 Å². The predicted molar refractivity (Wildman–Crippen MR) is 72.4 cm³/mol. The third-order valence-corrected chi connectivity index (χ3v) is 2.90. The van der Waals surface area contributed by atoms with Crippen LogP contribution in [0.15, 0.2) is 30.5 Å². The van der Waals surface area contributed by atoms with Crippen molar-refractivity contribution in [2.24, 2.45) is 5.73 Å². The maximum absolute atomic E-state index is 5.50. The van der Waals surface area contributed by atoms with E-state index in [4.69, 9.17) is 5.73 Å². The predicted octanol–water partition coefficient (Wildman–Crippen LogP) is 1.18. The number of nitrogens with two attached hydrogens (primary N) is 1. The van der Waals surface area contributed by atoms with Crippen molar-refractivity contribution in [3.05, 3.63) is 41.7 Å². The Morgan fingerprint density at radius 1 is 1.39 bits per heavy atom. The maximum Gasteiger partial charge on any atom is 0.0962 e. The van der Waals surface area contributed by atoms with Gasteiger partial charge in [-0.25, -0.2) is 0 Å². The summed E-state index contributed by atoms with van der Waals surface area (Å²) < 4.78 is 1.83. The summed E-state index contributed by atoms with van der Waals surface area (Å²) in [7, 11) is 2.08. The molecule has 18 heavy (non-hydrogen) atoms. The zero-order valence-corrected chi connectivity index (χ0v) is 10.9. The number of benzene rings is 1. The van der Waals surface area contributed by atoms with E-state index in [2.05, 4.69) is 53.4 Å². The molecule has 2 rings (SSSR count). The van der Waals surface area contributed by atoms with Crippen LogP contribution < -0.4 is 10.6 Å². The molecule has 0 aliphatic heterocycles. The Balaban J connectivity index is 1.93. The second-order valence-corrected chi connectivity index (χ2v) is 4.44. The Labute approximate surface area is 107 Å². The van der Waals surface area contributed by atoms with Crippen molar-refractivity contribution in [2.45, 2.75) is 20.0 Å². The van der Waals surface area contributed by atoms with Crippen molar-refractivity contribution in [3.8, 4) is 0 Å². The Hall–Kier alpha value is -1.88. The largest absolute Gasteiger partial charge is 0.373 e. The molecular formula is C13H19N5. The molecule has 2 aromatic rings. The zero-order chi connectivity index (χ0) is 13.0. The fourth-order valence-corrected chi connectivity index (χ4v) is 1.79. The summed E-state index contributed by atoms with van der Waals surface area (Å²) in [6.45, 7) is 4.23. The highest BCUT2D eigenvalue weighted by Gasteiger charge is 2.03. The molecule has 0 radical (unpaired) electrons. The molecular weight excluding hydrogens is 226 g/mol. The maximum atomic E-state index is 5.50. The first-order valence-corrected chi connectivity index (χ1v) is 6.06. The van der Waals surface area contributed by atoms with Crippen molar-refractivity contribution in [2.75, 3.05) is 18.5 Å². The number of rotatable bonds is 5. The quantitative estimate of drug-likeness (QED) is 0.859. The van der Waals surface area contributed by atoms with Gasteiger partial charge in [-0.3, -0.25) is 4.68 Å². The minimum Gasteiger partial charge on any atom is -0.373 e. The van der Waals surface area contributed by atoms with Crippen molar-refractivity contribution in [1.82, 2.24) is 15.0 Å². The van der Waals surface area contributed by atoms with Crippen LogP contribution in [0.1, 0.15) is 11.3 Å². The van der Waals surface area contributed by atoms with E-state index in [0.29, 0.717) is 6.54 Å². The van der Waals surface area contributed by atoms with Crippen molar-refractivity contribution < 1.29 is 0 Å². The number of likely N-dealkylation sites (N-methyl/N-ethyl adjacent to an activating group) is 1. The summed E-state index contributed by atoms with van der Waals surface area (Å²) in [5.41, 5.74) is 8.81. The van der Waals surface area contributed by atoms with Gasteiger partial charge in [-0.1, -0.05) is 17.3 Å². The van der Waals surface area contributed by atoms with Crippen LogP contribution in [0.4, 0.5) is 5.69 Å². The molecule has 5 nitrogen and oxygen atoms in total. The summed E-state index contributed by atoms with van der Waals surface area (Å²) in [5, 5.41) is 8.00. The topological polar surface area (TPSA) is 60.0 Å². The van der Waals surface area contributed by atoms with E-state index in [1.54, 1.807) is 0 Å². The molecule has 0 fully saturated rings. The number of hydrogen-bond donors (Lipinski definition) is 1. The van der Waals surface area contributed by atoms with E-state index < -0.39 is 0 Å². The molecule has 0 amide bonds. The SMILES string of the molecule is Cc1cccc(N(C)CCn2cc(CN)nn2)c1. The van der Waals surface area contributed by atoms with Gasteiger partial charge in [-0.05, 0) is 24.6 Å². The lowest BCUT2D eigenvalue weighted by Gasteiger charge is -2.19. The van der Waals surface area contributed by atoms with Crippen LogP contribution >= 0.6 is 0 Å². The lowest BCUT2D eigenvalue weighted by atomic mass is 10.2. The first kappa shape index (κ1) is 12.6. The molecule has 0 saturated heterocycles. The fourth-order valence-electron chi connectivity index (χ4n) is 1.79. The average Bonchev–Trinajstić information content (AvgIpc) is 2.84. The number of aryl methyl sites for hydroxylation is 1. The Morgan fingerprint density at radius 2 is 2.22 bits per heavy atom. The van der Waals surface area contributed by atoms with E-state index >= 15 is 0 Å². The summed E-state index contributed by atoms with van der Waals surface area (Å²) in [6.07, 6.45) is 1.89. The Kier molecular flexibility index (Phi) is 3.94. The summed E-state index contributed by atoms with van der Waals surface area (Å²) in [6, 6.07) is 8.46. The molecule has 0 unspecified atom stereocenters. The molecule has 0 bridgehead atoms. The summed E-state index contributed by atoms with van der Waals surface area (Å²) in [5.74, 6) is 0. The van der Waals surface area contributed by atoms with Gasteiger partial charge in [0.05, 0.1) is 12.2 Å². The van der Waals surface area contributed by atoms with Gasteiger partial charge in [0.1, 0.15) is 0 Å². The van der Waals surface area contributed by atoms with E-state index in [0.717, 1.165) is 18.8 Å². The first-order valence-electron chi connectivity index (χ1n) is 6.06. The Morgan fingerprint density at radius 3 is 2.89 bits per heavy atom. The Bertz CT molecular complexity index is 506. The van der Waals surface area contributed by atoms with E-state index in [1.165, 1.54) is 11.3 Å². The van der Waals surface area contributed by atoms with E-state index in [9.17, 15) is 0 Å². The van der Waals surface area contributed by atoms with Gasteiger partial charge in [0.25, 0.3) is 0 Å². The molecule has 1 aromatic carbocycles. The van der Waals surface area contributed by atoms with Crippen LogP contribution in [0.3, 0.4) is 0 Å². The molecule has 0 aliphatic rings. The standard InChI is InChI=1S/C13H19N5/c1-11-4-3-5-13(8-11)17(2)6-7-18-10-12(9-14)15-16-18/h3-5,8,10H,6-7,9,14H2,1-2H3. The van der Waals surface area contributed by atoms with Gasteiger partial charge >= 0.3 is 0 Å². The lowest BCUT2D eigenvalue weighted by molar-refractivity contribution is 0.587. The van der Waals surface area contributed by atoms with Crippen molar-refractivity contribution in [1.29, 1.82) is 0 Å². The zero-order valence-electron chi connectivity index (χ0n) is 10.9. The number of nitrogens with zero attached hydrogens (tertiary/aromatic N) is 4. The highest BCUT2D eigenvalue weighted by atomic mass is 15.4. The van der Waals surface area contributed by atoms with Crippen molar-refractivity contribution >= 4 is 5.69 Å². The van der Waals surface area contributed by atoms with E-state index in [-0.39, 0.29) is 0 Å². The molecule has 2 N–H and O–H groups in total. The highest BCUT2D eigenvalue weighted by Crippen LogP contribution is 2.13. The van der Waals surface area contributed by atoms with Gasteiger partial charge in [-0.15, -0.1) is 5.10 Å². The highest BCUT2D eigenvalue weighted by molar-refractivity contribution is 5.47. The molecule has 1 aromatic heterocycles. The van der Waals surface area contributed by atoms with Crippen LogP contribution in [0, 0.1) is 6.92 Å². The lowest BCUT2D eigenvalue weighted by Crippen LogP contribution is -2.22. The average molecular weight is 245 g/mol. The number of aromatic nitrogens is 3. The van der Waals surface area contributed by atoms with Crippen LogP contribution in [0.25, 0.3) is 0 Å². The molecule has 1 heterocycles. The molecule has 0 spiro atoms. The van der Waals surface area contributed by atoms with Gasteiger partial charge in [-0.2, -0.15) is 0 Å². The second kappa shape index (κ2) is 5.64. The molecule has 5 heteroatoms. The minimum absolute atomic E-state index is 0.438. The van der Waals surface area contributed by atoms with Gasteiger partial charge < -0.3 is 10.6 Å². The minimum atomic E-state index is 0.438. The third-order valence-electron chi connectivity index (χ3n) is 2.90. The van der Waals surface area contributed by atoms with Crippen LogP contribution in [0.2, 0.25) is 0 Å². The molecule has 96 valence electrons. The van der Waals surface area contributed by atoms with E-state index in [1.807, 2.05) is 10.9 Å². The van der Waals surface area contributed by atoms with Crippen LogP contribution in [0.5, 0.6) is 0 Å². The first-order chi connectivity index (χ1) is 8.69. The van der Waals surface area contributed by atoms with Gasteiger partial charge in [0, 0.05) is 32.0 Å². The smallest absolute Gasteiger partial charge is 0.0962 e.